The Balaban J connectivity index is 0.00000210. The van der Waals surface area contributed by atoms with E-state index in [4.69, 9.17) is 5.11 Å². The third-order valence-corrected chi connectivity index (χ3v) is 6.65. The zero-order chi connectivity index (χ0) is 26.2. The van der Waals surface area contributed by atoms with Gasteiger partial charge in [-0.25, -0.2) is 4.68 Å². The average Bonchev–Trinajstić information content (AvgIpc) is 3.26. The van der Waals surface area contributed by atoms with E-state index in [0.717, 1.165) is 58.0 Å². The van der Waals surface area contributed by atoms with Gasteiger partial charge in [-0.05, 0) is 84.5 Å². The number of rotatable bonds is 9. The van der Waals surface area contributed by atoms with E-state index >= 15 is 0 Å². The van der Waals surface area contributed by atoms with E-state index in [1.54, 1.807) is 16.4 Å². The maximum absolute atomic E-state index is 12.8. The molecule has 0 spiro atoms. The fourth-order valence-electron chi connectivity index (χ4n) is 3.67. The molecule has 0 bridgehead atoms. The van der Waals surface area contributed by atoms with Crippen LogP contribution < -0.4 is 0 Å². The molecule has 1 aromatic heterocycles. The Hall–Kier alpha value is -2.74. The number of halogens is 3. The number of benzene rings is 2. The summed E-state index contributed by atoms with van der Waals surface area (Å²) in [6.07, 6.45) is -0.765. The van der Waals surface area contributed by atoms with Crippen LogP contribution in [-0.2, 0) is 23.8 Å². The molecule has 1 N–H and O–H groups in total. The SMILES string of the molecule is CC.CCc1nn(-c2ccc(C(F)(F)F)cc2)cc1C(C)CCSc1ccc(CC(=O)O)c(C)c1. The van der Waals surface area contributed by atoms with Gasteiger partial charge in [0.05, 0.1) is 23.4 Å². The first kappa shape index (κ1) is 28.5. The van der Waals surface area contributed by atoms with Crippen LogP contribution >= 0.6 is 11.8 Å². The number of thioether (sulfide) groups is 1. The third-order valence-electron chi connectivity index (χ3n) is 5.62. The van der Waals surface area contributed by atoms with Crippen LogP contribution in [0.5, 0.6) is 0 Å². The number of aryl methyl sites for hydroxylation is 2. The monoisotopic (exact) mass is 506 g/mol. The Kier molecular flexibility index (Phi) is 10.4. The van der Waals surface area contributed by atoms with Crippen LogP contribution in [0.15, 0.2) is 53.6 Å². The van der Waals surface area contributed by atoms with Crippen LogP contribution in [0.25, 0.3) is 5.69 Å². The van der Waals surface area contributed by atoms with Crippen molar-refractivity contribution in [3.05, 3.63) is 76.6 Å². The Morgan fingerprint density at radius 1 is 1.14 bits per heavy atom. The summed E-state index contributed by atoms with van der Waals surface area (Å²) in [5, 5.41) is 13.6. The molecule has 0 aliphatic rings. The topological polar surface area (TPSA) is 55.1 Å². The summed E-state index contributed by atoms with van der Waals surface area (Å²) in [5.41, 5.74) is 3.77. The molecule has 0 aliphatic carbocycles. The van der Waals surface area contributed by atoms with Crippen molar-refractivity contribution in [3.8, 4) is 5.69 Å². The lowest BCUT2D eigenvalue weighted by Gasteiger charge is -2.12. The van der Waals surface area contributed by atoms with Gasteiger partial charge in [-0.2, -0.15) is 18.3 Å². The lowest BCUT2D eigenvalue weighted by molar-refractivity contribution is -0.138. The van der Waals surface area contributed by atoms with Gasteiger partial charge in [-0.1, -0.05) is 33.8 Å². The molecule has 0 fully saturated rings. The number of carbonyl (C=O) groups is 1. The Morgan fingerprint density at radius 2 is 1.80 bits per heavy atom. The summed E-state index contributed by atoms with van der Waals surface area (Å²) < 4.78 is 40.2. The van der Waals surface area contributed by atoms with Crippen LogP contribution in [0, 0.1) is 6.92 Å². The van der Waals surface area contributed by atoms with Crippen molar-refractivity contribution in [2.45, 2.75) is 70.9 Å². The van der Waals surface area contributed by atoms with Crippen molar-refractivity contribution in [1.29, 1.82) is 0 Å². The molecule has 3 rings (SSSR count). The minimum atomic E-state index is -4.36. The smallest absolute Gasteiger partial charge is 0.416 e. The fourth-order valence-corrected chi connectivity index (χ4v) is 4.80. The number of nitrogens with zero attached hydrogens (tertiary/aromatic N) is 2. The predicted molar refractivity (Wildman–Crippen MR) is 136 cm³/mol. The number of carboxylic acids is 1. The van der Waals surface area contributed by atoms with E-state index in [2.05, 4.69) is 12.0 Å². The molecule has 0 amide bonds. The van der Waals surface area contributed by atoms with Gasteiger partial charge in [0.15, 0.2) is 0 Å². The van der Waals surface area contributed by atoms with Crippen LogP contribution in [-0.4, -0.2) is 26.6 Å². The normalized spacial score (nSPS) is 12.1. The molecule has 0 aliphatic heterocycles. The quantitative estimate of drug-likeness (QED) is 0.302. The molecule has 1 unspecified atom stereocenters. The Bertz CT molecular complexity index is 1110. The molecule has 1 atom stereocenters. The molecule has 4 nitrogen and oxygen atoms in total. The summed E-state index contributed by atoms with van der Waals surface area (Å²) in [6.45, 7) is 10.1. The second-order valence-electron chi connectivity index (χ2n) is 8.07. The van der Waals surface area contributed by atoms with Crippen molar-refractivity contribution in [1.82, 2.24) is 9.78 Å². The van der Waals surface area contributed by atoms with E-state index in [-0.39, 0.29) is 12.3 Å². The molecule has 0 saturated heterocycles. The molecule has 0 radical (unpaired) electrons. The van der Waals surface area contributed by atoms with Gasteiger partial charge in [-0.15, -0.1) is 11.8 Å². The molecule has 0 saturated carbocycles. The second-order valence-corrected chi connectivity index (χ2v) is 9.24. The number of hydrogen-bond acceptors (Lipinski definition) is 3. The number of aromatic nitrogens is 2. The summed E-state index contributed by atoms with van der Waals surface area (Å²) in [5.74, 6) is 0.284. The van der Waals surface area contributed by atoms with E-state index in [1.807, 2.05) is 52.1 Å². The maximum Gasteiger partial charge on any atom is 0.416 e. The zero-order valence-corrected chi connectivity index (χ0v) is 21.6. The van der Waals surface area contributed by atoms with Gasteiger partial charge in [0.25, 0.3) is 0 Å². The molecular weight excluding hydrogens is 473 g/mol. The van der Waals surface area contributed by atoms with Gasteiger partial charge in [0.2, 0.25) is 0 Å². The molecule has 1 heterocycles. The van der Waals surface area contributed by atoms with E-state index in [1.165, 1.54) is 12.1 Å². The first-order valence-electron chi connectivity index (χ1n) is 11.8. The highest BCUT2D eigenvalue weighted by Crippen LogP contribution is 2.31. The van der Waals surface area contributed by atoms with Gasteiger partial charge >= 0.3 is 12.1 Å². The van der Waals surface area contributed by atoms with Gasteiger partial charge in [-0.3, -0.25) is 4.79 Å². The van der Waals surface area contributed by atoms with E-state index in [0.29, 0.717) is 5.69 Å². The lowest BCUT2D eigenvalue weighted by atomic mass is 9.98. The van der Waals surface area contributed by atoms with Crippen molar-refractivity contribution >= 4 is 17.7 Å². The third kappa shape index (κ3) is 7.88. The lowest BCUT2D eigenvalue weighted by Crippen LogP contribution is -2.05. The van der Waals surface area contributed by atoms with Crippen molar-refractivity contribution in [2.24, 2.45) is 0 Å². The molecule has 2 aromatic carbocycles. The summed E-state index contributed by atoms with van der Waals surface area (Å²) in [7, 11) is 0. The van der Waals surface area contributed by atoms with E-state index in [9.17, 15) is 18.0 Å². The fraction of sp³-hybridized carbons (Fsp3) is 0.407. The summed E-state index contributed by atoms with van der Waals surface area (Å²) in [4.78, 5) is 12.0. The molecule has 190 valence electrons. The van der Waals surface area contributed by atoms with Crippen LogP contribution in [0.3, 0.4) is 0 Å². The molecule has 3 aromatic rings. The molecule has 35 heavy (non-hydrogen) atoms. The first-order valence-corrected chi connectivity index (χ1v) is 12.8. The van der Waals surface area contributed by atoms with Crippen molar-refractivity contribution < 1.29 is 23.1 Å². The van der Waals surface area contributed by atoms with Crippen LogP contribution in [0.4, 0.5) is 13.2 Å². The number of hydrogen-bond donors (Lipinski definition) is 1. The maximum atomic E-state index is 12.8. The Morgan fingerprint density at radius 3 is 2.34 bits per heavy atom. The van der Waals surface area contributed by atoms with Crippen LogP contribution in [0.2, 0.25) is 0 Å². The highest BCUT2D eigenvalue weighted by molar-refractivity contribution is 7.99. The summed E-state index contributed by atoms with van der Waals surface area (Å²) in [6, 6.07) is 10.9. The number of carboxylic acid groups (broad SMARTS) is 1. The number of aliphatic carboxylic acids is 1. The first-order chi connectivity index (χ1) is 16.6. The predicted octanol–water partition coefficient (Wildman–Crippen LogP) is 7.70. The highest BCUT2D eigenvalue weighted by atomic mass is 32.2. The minimum absolute atomic E-state index is 0.0243. The minimum Gasteiger partial charge on any atom is -0.481 e. The highest BCUT2D eigenvalue weighted by Gasteiger charge is 2.30. The van der Waals surface area contributed by atoms with Crippen molar-refractivity contribution in [3.63, 3.8) is 0 Å². The zero-order valence-electron chi connectivity index (χ0n) is 20.8. The van der Waals surface area contributed by atoms with Crippen LogP contribution in [0.1, 0.15) is 68.0 Å². The van der Waals surface area contributed by atoms with Gasteiger partial charge in [0, 0.05) is 11.1 Å². The molecule has 8 heteroatoms. The van der Waals surface area contributed by atoms with E-state index < -0.39 is 17.7 Å². The average molecular weight is 507 g/mol. The number of alkyl halides is 3. The molecular formula is C27H33F3N2O2S. The standard InChI is InChI=1S/C25H27F3N2O2S.C2H6/c1-4-23-22(15-30(29-23)20-8-6-19(7-9-20)25(26,27)28)16(2)11-12-33-21-10-5-18(14-24(31)32)17(3)13-21;1-2/h5-10,13,15-16H,4,11-12,14H2,1-3H3,(H,31,32);1-2H3. The largest absolute Gasteiger partial charge is 0.481 e. The Labute approximate surface area is 209 Å². The second kappa shape index (κ2) is 12.8. The van der Waals surface area contributed by atoms with Gasteiger partial charge in [0.1, 0.15) is 0 Å². The summed E-state index contributed by atoms with van der Waals surface area (Å²) >= 11 is 1.72. The van der Waals surface area contributed by atoms with Gasteiger partial charge < -0.3 is 5.11 Å². The van der Waals surface area contributed by atoms with Crippen molar-refractivity contribution in [2.75, 3.05) is 5.75 Å².